The van der Waals surface area contributed by atoms with E-state index in [0.29, 0.717) is 18.0 Å². The Hall–Kier alpha value is -2.37. The molecule has 2 aliphatic rings. The lowest BCUT2D eigenvalue weighted by Crippen LogP contribution is -2.43. The molecule has 6 nitrogen and oxygen atoms in total. The van der Waals surface area contributed by atoms with Crippen LogP contribution in [0.4, 0.5) is 5.69 Å². The summed E-state index contributed by atoms with van der Waals surface area (Å²) in [4.78, 5) is 38.6. The Kier molecular flexibility index (Phi) is 7.06. The van der Waals surface area contributed by atoms with Gasteiger partial charge in [0.25, 0.3) is 0 Å². The number of rotatable bonds is 9. The molecule has 2 saturated carbocycles. The maximum atomic E-state index is 12.6. The molecule has 0 aliphatic heterocycles. The molecule has 1 aromatic rings. The normalized spacial score (nSPS) is 16.6. The number of anilines is 1. The van der Waals surface area contributed by atoms with Crippen LogP contribution in [0.2, 0.25) is 0 Å². The van der Waals surface area contributed by atoms with Gasteiger partial charge in [-0.3, -0.25) is 14.4 Å². The summed E-state index contributed by atoms with van der Waals surface area (Å²) in [6.07, 6.45) is 8.41. The van der Waals surface area contributed by atoms with Gasteiger partial charge in [0.1, 0.15) is 0 Å². The lowest BCUT2D eigenvalue weighted by atomic mass is 10.0. The Balaban J connectivity index is 1.40. The summed E-state index contributed by atoms with van der Waals surface area (Å²) in [5, 5.41) is 5.39. The molecule has 0 aromatic heterocycles. The molecule has 1 aromatic carbocycles. The summed E-state index contributed by atoms with van der Waals surface area (Å²) in [7, 11) is 0. The van der Waals surface area contributed by atoms with Crippen LogP contribution in [-0.4, -0.2) is 41.8 Å². The van der Waals surface area contributed by atoms with Crippen LogP contribution >= 0.6 is 0 Å². The minimum Gasteiger partial charge on any atom is -0.345 e. The van der Waals surface area contributed by atoms with E-state index >= 15 is 0 Å². The number of amides is 3. The van der Waals surface area contributed by atoms with Gasteiger partial charge in [-0.15, -0.1) is 0 Å². The maximum Gasteiger partial charge on any atom is 0.243 e. The van der Waals surface area contributed by atoms with E-state index in [0.717, 1.165) is 24.8 Å². The molecule has 0 heterocycles. The quantitative estimate of drug-likeness (QED) is 0.686. The largest absolute Gasteiger partial charge is 0.345 e. The molecule has 2 N–H and O–H groups in total. The fraction of sp³-hybridized carbons (Fsp3) is 0.591. The standard InChI is InChI=1S/C22H31N3O3/c1-16-6-9-18(10-7-16)24-20(26)14-23-21(27)15-25(19-11-12-19)22(28)13-8-17-4-2-3-5-17/h6-7,9-10,17,19H,2-5,8,11-15H2,1H3,(H,23,27)(H,24,26). The topological polar surface area (TPSA) is 78.5 Å². The van der Waals surface area contributed by atoms with Crippen molar-refractivity contribution in [3.8, 4) is 0 Å². The van der Waals surface area contributed by atoms with E-state index < -0.39 is 0 Å². The number of carbonyl (C=O) groups is 3. The van der Waals surface area contributed by atoms with Gasteiger partial charge in [0.2, 0.25) is 17.7 Å². The third-order valence-corrected chi connectivity index (χ3v) is 5.64. The van der Waals surface area contributed by atoms with E-state index in [4.69, 9.17) is 0 Å². The first-order chi connectivity index (χ1) is 13.5. The molecular formula is C22H31N3O3. The molecule has 2 aliphatic carbocycles. The van der Waals surface area contributed by atoms with Crippen molar-refractivity contribution in [2.75, 3.05) is 18.4 Å². The molecule has 152 valence electrons. The summed E-state index contributed by atoms with van der Waals surface area (Å²) in [6, 6.07) is 7.68. The second-order valence-corrected chi connectivity index (χ2v) is 8.13. The van der Waals surface area contributed by atoms with Crippen molar-refractivity contribution in [2.45, 2.75) is 64.3 Å². The molecule has 0 spiro atoms. The van der Waals surface area contributed by atoms with Crippen LogP contribution < -0.4 is 10.6 Å². The SMILES string of the molecule is Cc1ccc(NC(=O)CNC(=O)CN(C(=O)CCC2CCCC2)C2CC2)cc1. The number of nitrogens with one attached hydrogen (secondary N) is 2. The van der Waals surface area contributed by atoms with Gasteiger partial charge in [0.05, 0.1) is 13.1 Å². The number of carbonyl (C=O) groups excluding carboxylic acids is 3. The van der Waals surface area contributed by atoms with Gasteiger partial charge in [0, 0.05) is 18.2 Å². The Morgan fingerprint density at radius 2 is 1.68 bits per heavy atom. The average Bonchev–Trinajstić information content (AvgIpc) is 3.39. The van der Waals surface area contributed by atoms with Crippen molar-refractivity contribution in [1.82, 2.24) is 10.2 Å². The molecule has 3 rings (SSSR count). The van der Waals surface area contributed by atoms with Crippen LogP contribution in [0.5, 0.6) is 0 Å². The summed E-state index contributed by atoms with van der Waals surface area (Å²) in [5.41, 5.74) is 1.82. The Morgan fingerprint density at radius 3 is 2.32 bits per heavy atom. The minimum absolute atomic E-state index is 0.0476. The van der Waals surface area contributed by atoms with Gasteiger partial charge in [-0.05, 0) is 44.2 Å². The minimum atomic E-state index is -0.278. The molecule has 0 atom stereocenters. The highest BCUT2D eigenvalue weighted by Crippen LogP contribution is 2.31. The third-order valence-electron chi connectivity index (χ3n) is 5.64. The third kappa shape index (κ3) is 6.36. The first-order valence-electron chi connectivity index (χ1n) is 10.4. The first-order valence-corrected chi connectivity index (χ1v) is 10.4. The Bertz CT molecular complexity index is 691. The predicted octanol–water partition coefficient (Wildman–Crippen LogP) is 3.01. The first kappa shape index (κ1) is 20.4. The van der Waals surface area contributed by atoms with Crippen molar-refractivity contribution in [1.29, 1.82) is 0 Å². The summed E-state index contributed by atoms with van der Waals surface area (Å²) in [5.74, 6) is 0.195. The summed E-state index contributed by atoms with van der Waals surface area (Å²) < 4.78 is 0. The zero-order valence-corrected chi connectivity index (χ0v) is 16.7. The number of hydrogen-bond donors (Lipinski definition) is 2. The lowest BCUT2D eigenvalue weighted by molar-refractivity contribution is -0.137. The highest BCUT2D eigenvalue weighted by atomic mass is 16.2. The summed E-state index contributed by atoms with van der Waals surface area (Å²) >= 11 is 0. The van der Waals surface area contributed by atoms with Crippen molar-refractivity contribution in [3.63, 3.8) is 0 Å². The molecule has 0 bridgehead atoms. The van der Waals surface area contributed by atoms with Gasteiger partial charge in [-0.2, -0.15) is 0 Å². The van der Waals surface area contributed by atoms with Crippen molar-refractivity contribution in [2.24, 2.45) is 5.92 Å². The zero-order valence-electron chi connectivity index (χ0n) is 16.7. The van der Waals surface area contributed by atoms with Crippen LogP contribution in [-0.2, 0) is 14.4 Å². The van der Waals surface area contributed by atoms with E-state index in [1.807, 2.05) is 31.2 Å². The van der Waals surface area contributed by atoms with E-state index in [-0.39, 0.29) is 36.9 Å². The van der Waals surface area contributed by atoms with Crippen LogP contribution in [0.25, 0.3) is 0 Å². The Labute approximate surface area is 167 Å². The van der Waals surface area contributed by atoms with E-state index in [2.05, 4.69) is 10.6 Å². The number of hydrogen-bond acceptors (Lipinski definition) is 3. The van der Waals surface area contributed by atoms with Crippen LogP contribution in [0, 0.1) is 12.8 Å². The van der Waals surface area contributed by atoms with E-state index in [1.54, 1.807) is 4.90 Å². The number of aryl methyl sites for hydroxylation is 1. The van der Waals surface area contributed by atoms with Gasteiger partial charge in [-0.25, -0.2) is 0 Å². The maximum absolute atomic E-state index is 12.6. The molecular weight excluding hydrogens is 354 g/mol. The molecule has 28 heavy (non-hydrogen) atoms. The van der Waals surface area contributed by atoms with Crippen LogP contribution in [0.15, 0.2) is 24.3 Å². The van der Waals surface area contributed by atoms with Crippen molar-refractivity contribution >= 4 is 23.4 Å². The van der Waals surface area contributed by atoms with Crippen LogP contribution in [0.1, 0.15) is 56.9 Å². The van der Waals surface area contributed by atoms with Crippen LogP contribution in [0.3, 0.4) is 0 Å². The predicted molar refractivity (Wildman–Crippen MR) is 109 cm³/mol. The van der Waals surface area contributed by atoms with E-state index in [1.165, 1.54) is 25.7 Å². The monoisotopic (exact) mass is 385 g/mol. The second-order valence-electron chi connectivity index (χ2n) is 8.13. The van der Waals surface area contributed by atoms with Crippen molar-refractivity contribution in [3.05, 3.63) is 29.8 Å². The fourth-order valence-corrected chi connectivity index (χ4v) is 3.81. The van der Waals surface area contributed by atoms with Gasteiger partial charge in [0.15, 0.2) is 0 Å². The smallest absolute Gasteiger partial charge is 0.243 e. The average molecular weight is 386 g/mol. The highest BCUT2D eigenvalue weighted by Gasteiger charge is 2.33. The van der Waals surface area contributed by atoms with E-state index in [9.17, 15) is 14.4 Å². The van der Waals surface area contributed by atoms with Gasteiger partial charge >= 0.3 is 0 Å². The fourth-order valence-electron chi connectivity index (χ4n) is 3.81. The molecule has 0 saturated heterocycles. The zero-order chi connectivity index (χ0) is 19.9. The summed E-state index contributed by atoms with van der Waals surface area (Å²) in [6.45, 7) is 1.93. The van der Waals surface area contributed by atoms with Gasteiger partial charge < -0.3 is 15.5 Å². The molecule has 0 unspecified atom stereocenters. The highest BCUT2D eigenvalue weighted by molar-refractivity contribution is 5.95. The molecule has 6 heteroatoms. The van der Waals surface area contributed by atoms with Crippen molar-refractivity contribution < 1.29 is 14.4 Å². The number of benzene rings is 1. The number of nitrogens with zero attached hydrogens (tertiary/aromatic N) is 1. The second kappa shape index (κ2) is 9.71. The Morgan fingerprint density at radius 1 is 1.00 bits per heavy atom. The molecule has 0 radical (unpaired) electrons. The van der Waals surface area contributed by atoms with Gasteiger partial charge in [-0.1, -0.05) is 43.4 Å². The molecule has 2 fully saturated rings. The lowest BCUT2D eigenvalue weighted by Gasteiger charge is -2.22. The molecule has 3 amide bonds.